The quantitative estimate of drug-likeness (QED) is 0.736. The van der Waals surface area contributed by atoms with Crippen LogP contribution in [0.15, 0.2) is 23.3 Å². The molecule has 2 heterocycles. The zero-order chi connectivity index (χ0) is 12.5. The van der Waals surface area contributed by atoms with Gasteiger partial charge in [0, 0.05) is 25.1 Å². The second-order valence-electron chi connectivity index (χ2n) is 3.96. The highest BCUT2D eigenvalue weighted by Gasteiger charge is 2.46. The molecule has 1 aromatic heterocycles. The Labute approximate surface area is 99.5 Å². The number of rotatable bonds is 3. The van der Waals surface area contributed by atoms with Crippen LogP contribution in [0.2, 0.25) is 0 Å². The molecular formula is C12H14N2O3. The zero-order valence-corrected chi connectivity index (χ0v) is 10.0. The van der Waals surface area contributed by atoms with Gasteiger partial charge < -0.3 is 9.47 Å². The number of fused-ring (bicyclic) bond motifs is 1. The van der Waals surface area contributed by atoms with Gasteiger partial charge in [-0.3, -0.25) is 9.98 Å². The van der Waals surface area contributed by atoms with Crippen LogP contribution in [0.5, 0.6) is 0 Å². The fourth-order valence-corrected chi connectivity index (χ4v) is 1.91. The van der Waals surface area contributed by atoms with Crippen molar-refractivity contribution in [2.45, 2.75) is 18.6 Å². The molecule has 0 saturated heterocycles. The molecular weight excluding hydrogens is 220 g/mol. The number of pyridine rings is 1. The molecule has 2 rings (SSSR count). The van der Waals surface area contributed by atoms with Crippen molar-refractivity contribution in [3.8, 4) is 0 Å². The third-order valence-electron chi connectivity index (χ3n) is 3.03. The molecule has 1 aliphatic rings. The lowest BCUT2D eigenvalue weighted by molar-refractivity contribution is -0.166. The summed E-state index contributed by atoms with van der Waals surface area (Å²) in [5.41, 5.74) is 0.497. The third kappa shape index (κ3) is 1.72. The third-order valence-corrected chi connectivity index (χ3v) is 3.03. The highest BCUT2D eigenvalue weighted by molar-refractivity contribution is 5.88. The maximum absolute atomic E-state index is 11.8. The largest absolute Gasteiger partial charge is 0.467 e. The molecule has 0 aromatic carbocycles. The van der Waals surface area contributed by atoms with Gasteiger partial charge >= 0.3 is 5.97 Å². The maximum atomic E-state index is 11.8. The average Bonchev–Trinajstić information content (AvgIpc) is 2.81. The molecule has 5 heteroatoms. The summed E-state index contributed by atoms with van der Waals surface area (Å²) < 4.78 is 10.1. The smallest absolute Gasteiger partial charge is 0.340 e. The monoisotopic (exact) mass is 234 g/mol. The Bertz CT molecular complexity index is 473. The van der Waals surface area contributed by atoms with Crippen LogP contribution in [-0.4, -0.2) is 37.0 Å². The van der Waals surface area contributed by atoms with E-state index in [2.05, 4.69) is 9.98 Å². The molecule has 0 fully saturated rings. The van der Waals surface area contributed by atoms with E-state index in [1.165, 1.54) is 14.2 Å². The van der Waals surface area contributed by atoms with Crippen LogP contribution in [0.3, 0.4) is 0 Å². The summed E-state index contributed by atoms with van der Waals surface area (Å²) in [7, 11) is 2.80. The topological polar surface area (TPSA) is 60.8 Å². The second-order valence-corrected chi connectivity index (χ2v) is 3.96. The number of methoxy groups -OCH3 is 2. The first-order valence-corrected chi connectivity index (χ1v) is 5.25. The fraction of sp³-hybridized carbons (Fsp3) is 0.417. The summed E-state index contributed by atoms with van der Waals surface area (Å²) in [5.74, 6) is -0.458. The van der Waals surface area contributed by atoms with Crippen molar-refractivity contribution in [2.24, 2.45) is 4.99 Å². The van der Waals surface area contributed by atoms with E-state index in [0.29, 0.717) is 0 Å². The average molecular weight is 234 g/mol. The Hall–Kier alpha value is -1.75. The first-order valence-electron chi connectivity index (χ1n) is 5.25. The molecule has 90 valence electrons. The van der Waals surface area contributed by atoms with E-state index in [1.807, 2.05) is 12.1 Å². The molecule has 2 atom stereocenters. The lowest BCUT2D eigenvalue weighted by atomic mass is 9.93. The molecule has 2 unspecified atom stereocenters. The molecule has 0 N–H and O–H groups in total. The molecule has 0 amide bonds. The fourth-order valence-electron chi connectivity index (χ4n) is 1.91. The van der Waals surface area contributed by atoms with Crippen LogP contribution in [-0.2, 0) is 14.3 Å². The van der Waals surface area contributed by atoms with Crippen LogP contribution in [0.4, 0.5) is 0 Å². The molecule has 1 aliphatic heterocycles. The predicted molar refractivity (Wildman–Crippen MR) is 62.0 cm³/mol. The number of esters is 1. The number of carbonyl (C=O) groups is 1. The van der Waals surface area contributed by atoms with Gasteiger partial charge in [0.15, 0.2) is 5.60 Å². The summed E-state index contributed by atoms with van der Waals surface area (Å²) in [6.45, 7) is 1.66. The first kappa shape index (κ1) is 11.7. The number of hydrogen-bond donors (Lipinski definition) is 0. The van der Waals surface area contributed by atoms with Gasteiger partial charge in [0.25, 0.3) is 0 Å². The van der Waals surface area contributed by atoms with Crippen LogP contribution in [0.1, 0.15) is 24.2 Å². The van der Waals surface area contributed by atoms with Crippen molar-refractivity contribution < 1.29 is 14.3 Å². The Morgan fingerprint density at radius 1 is 1.47 bits per heavy atom. The van der Waals surface area contributed by atoms with Crippen LogP contribution in [0, 0.1) is 0 Å². The standard InChI is InChI=1S/C12H14N2O3/c1-12(17-3,11(15)16-2)10-9-8(7-14-10)5-4-6-13-9/h4-7,10H,1-3H3. The van der Waals surface area contributed by atoms with Crippen LogP contribution in [0.25, 0.3) is 0 Å². The number of aliphatic imine (C=N–C) groups is 1. The lowest BCUT2D eigenvalue weighted by Gasteiger charge is -2.29. The Morgan fingerprint density at radius 2 is 2.24 bits per heavy atom. The second kappa shape index (κ2) is 4.25. The number of aromatic nitrogens is 1. The molecule has 0 saturated carbocycles. The van der Waals surface area contributed by atoms with Gasteiger partial charge in [-0.2, -0.15) is 0 Å². The van der Waals surface area contributed by atoms with Gasteiger partial charge in [0.05, 0.1) is 12.8 Å². The predicted octanol–water partition coefficient (Wildman–Crippen LogP) is 1.13. The minimum Gasteiger partial charge on any atom is -0.467 e. The number of ether oxygens (including phenoxy) is 2. The maximum Gasteiger partial charge on any atom is 0.340 e. The summed E-state index contributed by atoms with van der Waals surface area (Å²) in [5, 5.41) is 0. The molecule has 0 spiro atoms. The van der Waals surface area contributed by atoms with Crippen LogP contribution < -0.4 is 0 Å². The Kier molecular flexibility index (Phi) is 2.93. The number of carbonyl (C=O) groups excluding carboxylic acids is 1. The Balaban J connectivity index is 2.42. The van der Waals surface area contributed by atoms with E-state index in [-0.39, 0.29) is 0 Å². The number of hydrogen-bond acceptors (Lipinski definition) is 5. The molecule has 0 radical (unpaired) electrons. The highest BCUT2D eigenvalue weighted by Crippen LogP contribution is 2.36. The molecule has 5 nitrogen and oxygen atoms in total. The summed E-state index contributed by atoms with van der Waals surface area (Å²) in [4.78, 5) is 20.4. The van der Waals surface area contributed by atoms with Gasteiger partial charge in [-0.1, -0.05) is 6.07 Å². The van der Waals surface area contributed by atoms with Crippen molar-refractivity contribution in [3.63, 3.8) is 0 Å². The minimum absolute atomic E-state index is 0.458. The van der Waals surface area contributed by atoms with Crippen molar-refractivity contribution in [2.75, 3.05) is 14.2 Å². The number of nitrogens with zero attached hydrogens (tertiary/aromatic N) is 2. The zero-order valence-electron chi connectivity index (χ0n) is 10.0. The van der Waals surface area contributed by atoms with E-state index >= 15 is 0 Å². The lowest BCUT2D eigenvalue weighted by Crippen LogP contribution is -2.43. The minimum atomic E-state index is -1.15. The molecule has 0 bridgehead atoms. The van der Waals surface area contributed by atoms with Gasteiger partial charge in [-0.25, -0.2) is 4.79 Å². The summed E-state index contributed by atoms with van der Waals surface area (Å²) in [6, 6.07) is 3.27. The van der Waals surface area contributed by atoms with Gasteiger partial charge in [0.2, 0.25) is 0 Å². The van der Waals surface area contributed by atoms with Crippen molar-refractivity contribution in [1.82, 2.24) is 4.98 Å². The Morgan fingerprint density at radius 3 is 2.88 bits per heavy atom. The normalized spacial score (nSPS) is 20.8. The van der Waals surface area contributed by atoms with Crippen molar-refractivity contribution >= 4 is 12.2 Å². The van der Waals surface area contributed by atoms with Gasteiger partial charge in [0.1, 0.15) is 6.04 Å². The van der Waals surface area contributed by atoms with E-state index < -0.39 is 17.6 Å². The van der Waals surface area contributed by atoms with E-state index in [9.17, 15) is 4.79 Å². The molecule has 0 aliphatic carbocycles. The molecule has 17 heavy (non-hydrogen) atoms. The SMILES string of the molecule is COC(=O)C(C)(OC)C1N=Cc2cccnc21. The van der Waals surface area contributed by atoms with Crippen LogP contribution >= 0.6 is 0 Å². The summed E-state index contributed by atoms with van der Waals surface area (Å²) in [6.07, 6.45) is 3.38. The summed E-state index contributed by atoms with van der Waals surface area (Å²) >= 11 is 0. The molecule has 1 aromatic rings. The van der Waals surface area contributed by atoms with Gasteiger partial charge in [-0.15, -0.1) is 0 Å². The van der Waals surface area contributed by atoms with E-state index in [0.717, 1.165) is 11.3 Å². The van der Waals surface area contributed by atoms with Gasteiger partial charge in [-0.05, 0) is 13.0 Å². The van der Waals surface area contributed by atoms with Crippen molar-refractivity contribution in [1.29, 1.82) is 0 Å². The van der Waals surface area contributed by atoms with E-state index in [1.54, 1.807) is 19.3 Å². The first-order chi connectivity index (χ1) is 8.13. The van der Waals surface area contributed by atoms with E-state index in [4.69, 9.17) is 9.47 Å². The highest BCUT2D eigenvalue weighted by atomic mass is 16.6. The van der Waals surface area contributed by atoms with Crippen molar-refractivity contribution in [3.05, 3.63) is 29.6 Å².